The zero-order valence-corrected chi connectivity index (χ0v) is 17.4. The van der Waals surface area contributed by atoms with Crippen molar-refractivity contribution in [3.8, 4) is 0 Å². The third-order valence-corrected chi connectivity index (χ3v) is 6.15. The van der Waals surface area contributed by atoms with Crippen molar-refractivity contribution in [1.82, 2.24) is 9.80 Å². The lowest BCUT2D eigenvalue weighted by Crippen LogP contribution is -2.54. The second-order valence-electron chi connectivity index (χ2n) is 9.26. The fraction of sp³-hybridized carbons (Fsp3) is 0.682. The van der Waals surface area contributed by atoms with Gasteiger partial charge in [-0.25, -0.2) is 0 Å². The van der Waals surface area contributed by atoms with E-state index >= 15 is 0 Å². The number of rotatable bonds is 3. The molecule has 2 fully saturated rings. The highest BCUT2D eigenvalue weighted by atomic mass is 16.3. The van der Waals surface area contributed by atoms with Gasteiger partial charge in [-0.3, -0.25) is 9.69 Å². The van der Waals surface area contributed by atoms with Gasteiger partial charge in [-0.1, -0.05) is 17.7 Å². The van der Waals surface area contributed by atoms with Crippen LogP contribution in [-0.4, -0.2) is 71.2 Å². The van der Waals surface area contributed by atoms with E-state index in [-0.39, 0.29) is 17.9 Å². The summed E-state index contributed by atoms with van der Waals surface area (Å²) in [5.74, 6) is 0.102. The molecule has 0 radical (unpaired) electrons. The largest absolute Gasteiger partial charge is 0.389 e. The van der Waals surface area contributed by atoms with Gasteiger partial charge in [0.25, 0.3) is 0 Å². The summed E-state index contributed by atoms with van der Waals surface area (Å²) >= 11 is 0. The molecule has 0 saturated carbocycles. The lowest BCUT2D eigenvalue weighted by molar-refractivity contribution is -0.139. The summed E-state index contributed by atoms with van der Waals surface area (Å²) in [5, 5.41) is 10.9. The molecule has 5 heteroatoms. The van der Waals surface area contributed by atoms with E-state index in [1.165, 1.54) is 11.3 Å². The molecule has 0 atom stereocenters. The summed E-state index contributed by atoms with van der Waals surface area (Å²) in [4.78, 5) is 19.4. The van der Waals surface area contributed by atoms with E-state index in [2.05, 4.69) is 61.8 Å². The Morgan fingerprint density at radius 1 is 1.00 bits per heavy atom. The van der Waals surface area contributed by atoms with Gasteiger partial charge in [0.2, 0.25) is 5.91 Å². The van der Waals surface area contributed by atoms with Crippen LogP contribution < -0.4 is 4.90 Å². The number of hydrogen-bond donors (Lipinski definition) is 1. The lowest BCUT2D eigenvalue weighted by atomic mass is 9.86. The van der Waals surface area contributed by atoms with Crippen LogP contribution in [0.15, 0.2) is 24.3 Å². The van der Waals surface area contributed by atoms with Gasteiger partial charge in [0.15, 0.2) is 0 Å². The van der Waals surface area contributed by atoms with Crippen molar-refractivity contribution in [2.24, 2.45) is 0 Å². The zero-order valence-electron chi connectivity index (χ0n) is 17.4. The van der Waals surface area contributed by atoms with Gasteiger partial charge in [-0.15, -0.1) is 0 Å². The number of piperidine rings is 1. The summed E-state index contributed by atoms with van der Waals surface area (Å²) in [7, 11) is 0. The molecule has 2 aliphatic rings. The highest BCUT2D eigenvalue weighted by molar-refractivity contribution is 5.77. The van der Waals surface area contributed by atoms with Gasteiger partial charge in [0, 0.05) is 50.5 Å². The predicted molar refractivity (Wildman–Crippen MR) is 110 cm³/mol. The maximum absolute atomic E-state index is 12.8. The Morgan fingerprint density at radius 2 is 1.56 bits per heavy atom. The number of likely N-dealkylation sites (tertiary alicyclic amines) is 1. The summed E-state index contributed by atoms with van der Waals surface area (Å²) in [5.41, 5.74) is 1.77. The molecule has 150 valence electrons. The summed E-state index contributed by atoms with van der Waals surface area (Å²) in [6.45, 7) is 13.6. The average molecular weight is 374 g/mol. The minimum absolute atomic E-state index is 0.102. The predicted octanol–water partition coefficient (Wildman–Crippen LogP) is 2.66. The van der Waals surface area contributed by atoms with Crippen LogP contribution in [0.4, 0.5) is 5.69 Å². The molecule has 2 saturated heterocycles. The minimum Gasteiger partial charge on any atom is -0.389 e. The number of carbonyl (C=O) groups is 1. The molecule has 1 amide bonds. The number of nitrogens with zero attached hydrogens (tertiary/aromatic N) is 3. The van der Waals surface area contributed by atoms with E-state index < -0.39 is 5.60 Å². The van der Waals surface area contributed by atoms with Gasteiger partial charge in [0.05, 0.1) is 12.0 Å². The van der Waals surface area contributed by atoms with E-state index in [0.717, 1.165) is 39.3 Å². The quantitative estimate of drug-likeness (QED) is 0.885. The molecule has 1 N–H and O–H groups in total. The topological polar surface area (TPSA) is 47.0 Å². The first kappa shape index (κ1) is 20.2. The van der Waals surface area contributed by atoms with Crippen LogP contribution in [-0.2, 0) is 4.79 Å². The first-order valence-electron chi connectivity index (χ1n) is 10.2. The molecule has 5 nitrogen and oxygen atoms in total. The molecule has 1 aromatic carbocycles. The summed E-state index contributed by atoms with van der Waals surface area (Å²) in [6, 6.07) is 8.57. The Balaban J connectivity index is 1.49. The van der Waals surface area contributed by atoms with Gasteiger partial charge >= 0.3 is 0 Å². The Bertz CT molecular complexity index is 635. The normalized spacial score (nSPS) is 21.4. The standard InChI is InChI=1S/C22H35N3O2/c1-18-5-7-19(8-6-18)23-13-15-24(16-14-23)20(26)17-22(27)9-11-25(12-10-22)21(2,3)4/h5-8,27H,9-17H2,1-4H3. The van der Waals surface area contributed by atoms with Crippen molar-refractivity contribution in [3.63, 3.8) is 0 Å². The van der Waals surface area contributed by atoms with Crippen LogP contribution in [0.1, 0.15) is 45.6 Å². The van der Waals surface area contributed by atoms with Crippen LogP contribution in [0.25, 0.3) is 0 Å². The molecule has 1 aromatic rings. The van der Waals surface area contributed by atoms with Gasteiger partial charge in [0.1, 0.15) is 0 Å². The maximum atomic E-state index is 12.8. The number of anilines is 1. The second-order valence-corrected chi connectivity index (χ2v) is 9.26. The highest BCUT2D eigenvalue weighted by Crippen LogP contribution is 2.30. The first-order valence-corrected chi connectivity index (χ1v) is 10.2. The fourth-order valence-electron chi connectivity index (χ4n) is 4.13. The number of carbonyl (C=O) groups excluding carboxylic acids is 1. The molecule has 0 unspecified atom stereocenters. The summed E-state index contributed by atoms with van der Waals surface area (Å²) in [6.07, 6.45) is 1.62. The molecule has 0 spiro atoms. The maximum Gasteiger partial charge on any atom is 0.225 e. The van der Waals surface area contributed by atoms with E-state index in [4.69, 9.17) is 0 Å². The van der Waals surface area contributed by atoms with Crippen LogP contribution in [0.2, 0.25) is 0 Å². The third kappa shape index (κ3) is 5.02. The molecule has 0 aromatic heterocycles. The van der Waals surface area contributed by atoms with E-state index in [1.54, 1.807) is 0 Å². The molecule has 2 aliphatic heterocycles. The van der Waals surface area contributed by atoms with Crippen molar-refractivity contribution in [2.45, 2.75) is 58.1 Å². The first-order chi connectivity index (χ1) is 12.7. The monoisotopic (exact) mass is 373 g/mol. The van der Waals surface area contributed by atoms with E-state index in [0.29, 0.717) is 12.8 Å². The van der Waals surface area contributed by atoms with Crippen molar-refractivity contribution in [1.29, 1.82) is 0 Å². The second kappa shape index (κ2) is 7.80. The Hall–Kier alpha value is -1.59. The zero-order chi connectivity index (χ0) is 19.7. The Kier molecular flexibility index (Phi) is 5.82. The van der Waals surface area contributed by atoms with Crippen molar-refractivity contribution >= 4 is 11.6 Å². The van der Waals surface area contributed by atoms with Crippen molar-refractivity contribution < 1.29 is 9.90 Å². The lowest BCUT2D eigenvalue weighted by Gasteiger charge is -2.45. The van der Waals surface area contributed by atoms with Gasteiger partial charge in [-0.2, -0.15) is 0 Å². The van der Waals surface area contributed by atoms with E-state index in [9.17, 15) is 9.90 Å². The molecular weight excluding hydrogens is 338 g/mol. The smallest absolute Gasteiger partial charge is 0.225 e. The van der Waals surface area contributed by atoms with E-state index in [1.807, 2.05) is 4.90 Å². The third-order valence-electron chi connectivity index (χ3n) is 6.15. The average Bonchev–Trinajstić information content (AvgIpc) is 2.62. The molecule has 0 aliphatic carbocycles. The van der Waals surface area contributed by atoms with Crippen LogP contribution in [0.5, 0.6) is 0 Å². The Labute approximate surface area is 163 Å². The van der Waals surface area contributed by atoms with Gasteiger partial charge < -0.3 is 14.9 Å². The van der Waals surface area contributed by atoms with Crippen molar-refractivity contribution in [3.05, 3.63) is 29.8 Å². The number of piperazine rings is 1. The highest BCUT2D eigenvalue weighted by Gasteiger charge is 2.38. The van der Waals surface area contributed by atoms with Crippen LogP contribution in [0.3, 0.4) is 0 Å². The molecular formula is C22H35N3O2. The van der Waals surface area contributed by atoms with Gasteiger partial charge in [-0.05, 0) is 52.7 Å². The number of benzene rings is 1. The molecule has 3 rings (SSSR count). The molecule has 0 bridgehead atoms. The SMILES string of the molecule is Cc1ccc(N2CCN(C(=O)CC3(O)CCN(C(C)(C)C)CC3)CC2)cc1. The number of amides is 1. The Morgan fingerprint density at radius 3 is 2.07 bits per heavy atom. The van der Waals surface area contributed by atoms with Crippen LogP contribution in [0, 0.1) is 6.92 Å². The summed E-state index contributed by atoms with van der Waals surface area (Å²) < 4.78 is 0. The minimum atomic E-state index is -0.840. The molecule has 27 heavy (non-hydrogen) atoms. The number of aliphatic hydroxyl groups is 1. The number of hydrogen-bond acceptors (Lipinski definition) is 4. The van der Waals surface area contributed by atoms with Crippen molar-refractivity contribution in [2.75, 3.05) is 44.2 Å². The fourth-order valence-corrected chi connectivity index (χ4v) is 4.13. The van der Waals surface area contributed by atoms with Crippen LogP contribution >= 0.6 is 0 Å². The molecule has 2 heterocycles. The number of aryl methyl sites for hydroxylation is 1.